The molecule has 0 saturated heterocycles. The van der Waals surface area contributed by atoms with Crippen LogP contribution in [0, 0.1) is 0 Å². The molecule has 1 heterocycles. The molecule has 3 nitrogen and oxygen atoms in total. The Kier molecular flexibility index (Phi) is 3.51. The minimum absolute atomic E-state index is 0.216. The lowest BCUT2D eigenvalue weighted by atomic mass is 10.2. The summed E-state index contributed by atoms with van der Waals surface area (Å²) >= 11 is 1.60. The van der Waals surface area contributed by atoms with Crippen LogP contribution in [-0.4, -0.2) is 19.5 Å². The summed E-state index contributed by atoms with van der Waals surface area (Å²) in [6, 6.07) is 6.27. The van der Waals surface area contributed by atoms with Crippen LogP contribution in [0.4, 0.5) is 5.69 Å². The maximum absolute atomic E-state index is 11.7. The van der Waals surface area contributed by atoms with Gasteiger partial charge in [-0.05, 0) is 49.2 Å². The first kappa shape index (κ1) is 11.5. The molecule has 2 rings (SSSR count). The first-order valence-corrected chi connectivity index (χ1v) is 6.34. The molecule has 0 saturated carbocycles. The third-order valence-electron chi connectivity index (χ3n) is 2.77. The van der Waals surface area contributed by atoms with Gasteiger partial charge in [0.1, 0.15) is 0 Å². The van der Waals surface area contributed by atoms with Gasteiger partial charge in [-0.1, -0.05) is 6.92 Å². The fraction of sp³-hybridized carbons (Fsp3) is 0.417. The van der Waals surface area contributed by atoms with Crippen LogP contribution in [0.25, 0.3) is 0 Å². The molecule has 0 bridgehead atoms. The largest absolute Gasteiger partial charge is 0.312 e. The molecule has 1 aromatic carbocycles. The Morgan fingerprint density at radius 3 is 3.06 bits per heavy atom. The highest BCUT2D eigenvalue weighted by Gasteiger charge is 2.23. The molecule has 1 aliphatic heterocycles. The number of nitrogens with zero attached hydrogens (tertiary/aromatic N) is 1. The number of carbonyl (C=O) groups excluding carboxylic acids is 1. The average Bonchev–Trinajstić information content (AvgIpc) is 2.71. The fourth-order valence-electron chi connectivity index (χ4n) is 2.01. The van der Waals surface area contributed by atoms with Crippen molar-refractivity contribution < 1.29 is 4.79 Å². The highest BCUT2D eigenvalue weighted by molar-refractivity contribution is 7.97. The van der Waals surface area contributed by atoms with Crippen LogP contribution in [-0.2, 0) is 11.2 Å². The second-order valence-corrected chi connectivity index (χ2v) is 4.83. The van der Waals surface area contributed by atoms with Crippen LogP contribution in [0.5, 0.6) is 0 Å². The number of benzene rings is 1. The quantitative estimate of drug-likeness (QED) is 0.817. The Hall–Kier alpha value is -1.00. The van der Waals surface area contributed by atoms with Crippen molar-refractivity contribution >= 4 is 23.5 Å². The van der Waals surface area contributed by atoms with Crippen molar-refractivity contribution in [2.45, 2.75) is 24.7 Å². The van der Waals surface area contributed by atoms with Gasteiger partial charge in [-0.25, -0.2) is 0 Å². The molecule has 0 aromatic heterocycles. The van der Waals surface area contributed by atoms with Gasteiger partial charge < -0.3 is 4.90 Å². The number of nitrogens with one attached hydrogen (secondary N) is 1. The topological polar surface area (TPSA) is 32.3 Å². The van der Waals surface area contributed by atoms with Crippen molar-refractivity contribution in [3.63, 3.8) is 0 Å². The van der Waals surface area contributed by atoms with Gasteiger partial charge in [-0.3, -0.25) is 9.52 Å². The van der Waals surface area contributed by atoms with Gasteiger partial charge in [-0.2, -0.15) is 0 Å². The highest BCUT2D eigenvalue weighted by atomic mass is 32.2. The van der Waals surface area contributed by atoms with Crippen molar-refractivity contribution in [3.05, 3.63) is 23.8 Å². The average molecular weight is 236 g/mol. The van der Waals surface area contributed by atoms with E-state index in [1.54, 1.807) is 11.9 Å². The monoisotopic (exact) mass is 236 g/mol. The molecule has 4 heteroatoms. The fourth-order valence-corrected chi connectivity index (χ4v) is 2.58. The number of hydrogen-bond acceptors (Lipinski definition) is 3. The molecular formula is C12H16N2OS. The Morgan fingerprint density at radius 1 is 1.56 bits per heavy atom. The van der Waals surface area contributed by atoms with Gasteiger partial charge in [0, 0.05) is 23.5 Å². The highest BCUT2D eigenvalue weighted by Crippen LogP contribution is 2.31. The van der Waals surface area contributed by atoms with Crippen molar-refractivity contribution in [1.82, 2.24) is 4.72 Å². The Morgan fingerprint density at radius 2 is 2.38 bits per heavy atom. The summed E-state index contributed by atoms with van der Waals surface area (Å²) in [7, 11) is 1.91. The van der Waals surface area contributed by atoms with E-state index in [0.29, 0.717) is 6.42 Å². The third-order valence-corrected chi connectivity index (χ3v) is 3.46. The number of fused-ring (bicyclic) bond motifs is 1. The second kappa shape index (κ2) is 4.89. The molecule has 16 heavy (non-hydrogen) atoms. The first-order chi connectivity index (χ1) is 7.76. The zero-order valence-electron chi connectivity index (χ0n) is 9.62. The van der Waals surface area contributed by atoms with E-state index in [1.807, 2.05) is 18.9 Å². The molecule has 0 unspecified atom stereocenters. The van der Waals surface area contributed by atoms with Gasteiger partial charge in [-0.15, -0.1) is 0 Å². The van der Waals surface area contributed by atoms with Crippen LogP contribution in [0.15, 0.2) is 23.1 Å². The molecular weight excluding hydrogens is 220 g/mol. The number of carbonyl (C=O) groups is 1. The zero-order chi connectivity index (χ0) is 11.5. The summed E-state index contributed by atoms with van der Waals surface area (Å²) in [5, 5.41) is 0. The Balaban J connectivity index is 2.25. The molecule has 1 N–H and O–H groups in total. The SMILES string of the molecule is CCC(=O)N1CCc2cc(SNC)ccc21. The Labute approximate surface area is 100 Å². The predicted molar refractivity (Wildman–Crippen MR) is 67.7 cm³/mol. The molecule has 1 amide bonds. The molecule has 1 aromatic rings. The maximum atomic E-state index is 11.7. The summed E-state index contributed by atoms with van der Waals surface area (Å²) in [6.07, 6.45) is 1.55. The lowest BCUT2D eigenvalue weighted by Crippen LogP contribution is -2.27. The minimum Gasteiger partial charge on any atom is -0.312 e. The van der Waals surface area contributed by atoms with Crippen molar-refractivity contribution in [2.75, 3.05) is 18.5 Å². The van der Waals surface area contributed by atoms with Gasteiger partial charge in [0.15, 0.2) is 0 Å². The lowest BCUT2D eigenvalue weighted by Gasteiger charge is -2.16. The van der Waals surface area contributed by atoms with E-state index in [1.165, 1.54) is 10.5 Å². The molecule has 0 aliphatic carbocycles. The van der Waals surface area contributed by atoms with Crippen LogP contribution in [0.2, 0.25) is 0 Å². The van der Waals surface area contributed by atoms with Crippen molar-refractivity contribution in [1.29, 1.82) is 0 Å². The van der Waals surface area contributed by atoms with E-state index in [0.717, 1.165) is 18.7 Å². The van der Waals surface area contributed by atoms with Gasteiger partial charge in [0.05, 0.1) is 0 Å². The summed E-state index contributed by atoms with van der Waals surface area (Å²) in [6.45, 7) is 2.74. The summed E-state index contributed by atoms with van der Waals surface area (Å²) in [5.41, 5.74) is 2.37. The normalized spacial score (nSPS) is 14.0. The number of hydrogen-bond donors (Lipinski definition) is 1. The van der Waals surface area contributed by atoms with E-state index >= 15 is 0 Å². The number of anilines is 1. The van der Waals surface area contributed by atoms with E-state index in [-0.39, 0.29) is 5.91 Å². The molecule has 0 spiro atoms. The van der Waals surface area contributed by atoms with Crippen LogP contribution in [0.3, 0.4) is 0 Å². The van der Waals surface area contributed by atoms with Crippen LogP contribution < -0.4 is 9.62 Å². The number of rotatable bonds is 3. The standard InChI is InChI=1S/C12H16N2OS/c1-3-12(15)14-7-6-9-8-10(16-13-2)4-5-11(9)14/h4-5,8,13H,3,6-7H2,1-2H3. The summed E-state index contributed by atoms with van der Waals surface area (Å²) < 4.78 is 3.06. The Bertz CT molecular complexity index is 406. The van der Waals surface area contributed by atoms with E-state index in [2.05, 4.69) is 22.9 Å². The molecule has 0 fully saturated rings. The molecule has 86 valence electrons. The van der Waals surface area contributed by atoms with E-state index in [9.17, 15) is 4.79 Å². The van der Waals surface area contributed by atoms with E-state index in [4.69, 9.17) is 0 Å². The number of amides is 1. The van der Waals surface area contributed by atoms with Crippen LogP contribution >= 0.6 is 11.9 Å². The second-order valence-electron chi connectivity index (χ2n) is 3.75. The van der Waals surface area contributed by atoms with Gasteiger partial charge in [0.25, 0.3) is 0 Å². The molecule has 0 radical (unpaired) electrons. The molecule has 0 atom stereocenters. The zero-order valence-corrected chi connectivity index (χ0v) is 10.4. The van der Waals surface area contributed by atoms with E-state index < -0.39 is 0 Å². The summed E-state index contributed by atoms with van der Waals surface area (Å²) in [5.74, 6) is 0.216. The van der Waals surface area contributed by atoms with Crippen molar-refractivity contribution in [3.8, 4) is 0 Å². The first-order valence-electron chi connectivity index (χ1n) is 5.53. The predicted octanol–water partition coefficient (Wildman–Crippen LogP) is 2.21. The van der Waals surface area contributed by atoms with Gasteiger partial charge >= 0.3 is 0 Å². The smallest absolute Gasteiger partial charge is 0.226 e. The lowest BCUT2D eigenvalue weighted by molar-refractivity contribution is -0.118. The minimum atomic E-state index is 0.216. The maximum Gasteiger partial charge on any atom is 0.226 e. The van der Waals surface area contributed by atoms with Crippen molar-refractivity contribution in [2.24, 2.45) is 0 Å². The third kappa shape index (κ3) is 2.08. The molecule has 1 aliphatic rings. The summed E-state index contributed by atoms with van der Waals surface area (Å²) in [4.78, 5) is 14.8. The van der Waals surface area contributed by atoms with Gasteiger partial charge in [0.2, 0.25) is 5.91 Å². The van der Waals surface area contributed by atoms with Crippen LogP contribution in [0.1, 0.15) is 18.9 Å².